The van der Waals surface area contributed by atoms with Crippen molar-refractivity contribution >= 4 is 5.97 Å². The molecule has 1 aromatic carbocycles. The number of aryl methyl sites for hydroxylation is 2. The van der Waals surface area contributed by atoms with E-state index in [1.807, 2.05) is 0 Å². The number of aliphatic carboxylic acids is 1. The van der Waals surface area contributed by atoms with Crippen molar-refractivity contribution in [3.63, 3.8) is 0 Å². The van der Waals surface area contributed by atoms with Gasteiger partial charge in [-0.05, 0) is 67.7 Å². The minimum atomic E-state index is -0.683. The predicted octanol–water partition coefficient (Wildman–Crippen LogP) is 3.58. The number of hydrogen-bond donors (Lipinski definition) is 1. The van der Waals surface area contributed by atoms with Crippen molar-refractivity contribution in [1.29, 1.82) is 0 Å². The van der Waals surface area contributed by atoms with Crippen LogP contribution in [0.1, 0.15) is 47.4 Å². The molecule has 0 spiro atoms. The van der Waals surface area contributed by atoms with Crippen LogP contribution in [0.5, 0.6) is 0 Å². The van der Waals surface area contributed by atoms with Crippen LogP contribution in [0.15, 0.2) is 12.1 Å². The number of benzene rings is 1. The maximum Gasteiger partial charge on any atom is 0.303 e. The molecule has 2 heteroatoms. The van der Waals surface area contributed by atoms with Crippen molar-refractivity contribution in [2.75, 3.05) is 0 Å². The van der Waals surface area contributed by atoms with E-state index < -0.39 is 5.97 Å². The van der Waals surface area contributed by atoms with Gasteiger partial charge in [-0.25, -0.2) is 0 Å². The Bertz CT molecular complexity index is 421. The van der Waals surface area contributed by atoms with Crippen molar-refractivity contribution in [2.24, 2.45) is 5.92 Å². The van der Waals surface area contributed by atoms with E-state index in [4.69, 9.17) is 5.11 Å². The Balaban J connectivity index is 2.32. The van der Waals surface area contributed by atoms with E-state index in [0.29, 0.717) is 5.92 Å². The Morgan fingerprint density at radius 3 is 2.24 bits per heavy atom. The van der Waals surface area contributed by atoms with E-state index in [2.05, 4.69) is 32.9 Å². The van der Waals surface area contributed by atoms with Crippen LogP contribution in [0.3, 0.4) is 0 Å². The molecule has 0 saturated heterocycles. The first-order valence-electron chi connectivity index (χ1n) is 6.28. The van der Waals surface area contributed by atoms with Crippen LogP contribution < -0.4 is 0 Å². The SMILES string of the molecule is Cc1cc(C(CC(=O)O)C2CC2)cc(C)c1C. The van der Waals surface area contributed by atoms with Gasteiger partial charge in [0.05, 0.1) is 6.42 Å². The number of carboxylic acid groups (broad SMARTS) is 1. The third kappa shape index (κ3) is 2.68. The largest absolute Gasteiger partial charge is 0.481 e. The van der Waals surface area contributed by atoms with Gasteiger partial charge < -0.3 is 5.11 Å². The maximum atomic E-state index is 11.0. The van der Waals surface area contributed by atoms with E-state index in [-0.39, 0.29) is 12.3 Å². The first kappa shape index (κ1) is 12.2. The van der Waals surface area contributed by atoms with Gasteiger partial charge in [0.1, 0.15) is 0 Å². The Morgan fingerprint density at radius 2 is 1.82 bits per heavy atom. The molecule has 1 unspecified atom stereocenters. The first-order valence-corrected chi connectivity index (χ1v) is 6.28. The molecule has 1 fully saturated rings. The fourth-order valence-corrected chi connectivity index (χ4v) is 2.53. The summed E-state index contributed by atoms with van der Waals surface area (Å²) in [7, 11) is 0. The van der Waals surface area contributed by atoms with Crippen LogP contribution in [0.4, 0.5) is 0 Å². The van der Waals surface area contributed by atoms with Gasteiger partial charge in [-0.15, -0.1) is 0 Å². The highest BCUT2D eigenvalue weighted by Crippen LogP contribution is 2.45. The highest BCUT2D eigenvalue weighted by Gasteiger charge is 2.33. The van der Waals surface area contributed by atoms with Crippen molar-refractivity contribution in [3.05, 3.63) is 34.4 Å². The highest BCUT2D eigenvalue weighted by molar-refractivity contribution is 5.68. The molecule has 17 heavy (non-hydrogen) atoms. The summed E-state index contributed by atoms with van der Waals surface area (Å²) in [5.74, 6) is 0.121. The summed E-state index contributed by atoms with van der Waals surface area (Å²) < 4.78 is 0. The van der Waals surface area contributed by atoms with Gasteiger partial charge in [-0.2, -0.15) is 0 Å². The fraction of sp³-hybridized carbons (Fsp3) is 0.533. The fourth-order valence-electron chi connectivity index (χ4n) is 2.53. The Labute approximate surface area is 103 Å². The van der Waals surface area contributed by atoms with Gasteiger partial charge in [0.2, 0.25) is 0 Å². The molecule has 1 atom stereocenters. The van der Waals surface area contributed by atoms with Crippen LogP contribution in [0.25, 0.3) is 0 Å². The van der Waals surface area contributed by atoms with E-state index in [1.165, 1.54) is 35.1 Å². The number of carboxylic acids is 1. The molecule has 92 valence electrons. The smallest absolute Gasteiger partial charge is 0.303 e. The molecule has 1 aliphatic rings. The molecule has 0 amide bonds. The Morgan fingerprint density at radius 1 is 1.29 bits per heavy atom. The van der Waals surface area contributed by atoms with Gasteiger partial charge in [-0.3, -0.25) is 4.79 Å². The number of carbonyl (C=O) groups is 1. The molecule has 0 bridgehead atoms. The predicted molar refractivity (Wildman–Crippen MR) is 68.4 cm³/mol. The molecular weight excluding hydrogens is 212 g/mol. The topological polar surface area (TPSA) is 37.3 Å². The summed E-state index contributed by atoms with van der Waals surface area (Å²) >= 11 is 0. The first-order chi connectivity index (χ1) is 7.99. The van der Waals surface area contributed by atoms with Crippen molar-refractivity contribution in [1.82, 2.24) is 0 Å². The van der Waals surface area contributed by atoms with Crippen molar-refractivity contribution < 1.29 is 9.90 Å². The zero-order valence-corrected chi connectivity index (χ0v) is 10.8. The van der Waals surface area contributed by atoms with Gasteiger partial charge in [0.25, 0.3) is 0 Å². The average Bonchev–Trinajstić information content (AvgIpc) is 3.05. The monoisotopic (exact) mass is 232 g/mol. The summed E-state index contributed by atoms with van der Waals surface area (Å²) in [6.45, 7) is 6.34. The Hall–Kier alpha value is -1.31. The lowest BCUT2D eigenvalue weighted by Gasteiger charge is -2.17. The normalized spacial score (nSPS) is 16.9. The molecule has 1 aliphatic carbocycles. The summed E-state index contributed by atoms with van der Waals surface area (Å²) in [6, 6.07) is 4.35. The van der Waals surface area contributed by atoms with E-state index >= 15 is 0 Å². The quantitative estimate of drug-likeness (QED) is 0.861. The van der Waals surface area contributed by atoms with Crippen molar-refractivity contribution in [3.8, 4) is 0 Å². The molecule has 1 aromatic rings. The molecule has 2 nitrogen and oxygen atoms in total. The van der Waals surface area contributed by atoms with Gasteiger partial charge in [0, 0.05) is 0 Å². The van der Waals surface area contributed by atoms with Gasteiger partial charge in [0.15, 0.2) is 0 Å². The molecule has 1 N–H and O–H groups in total. The van der Waals surface area contributed by atoms with Crippen LogP contribution in [-0.2, 0) is 4.79 Å². The van der Waals surface area contributed by atoms with Gasteiger partial charge in [-0.1, -0.05) is 12.1 Å². The second-order valence-corrected chi connectivity index (χ2v) is 5.32. The molecule has 2 rings (SSSR count). The molecule has 0 aromatic heterocycles. The molecule has 0 aliphatic heterocycles. The van der Waals surface area contributed by atoms with E-state index in [0.717, 1.165) is 0 Å². The lowest BCUT2D eigenvalue weighted by Crippen LogP contribution is -2.09. The average molecular weight is 232 g/mol. The summed E-state index contributed by atoms with van der Waals surface area (Å²) in [4.78, 5) is 11.0. The third-order valence-corrected chi connectivity index (χ3v) is 3.96. The zero-order chi connectivity index (χ0) is 12.6. The molecule has 1 saturated carbocycles. The van der Waals surface area contributed by atoms with Crippen LogP contribution >= 0.6 is 0 Å². The lowest BCUT2D eigenvalue weighted by molar-refractivity contribution is -0.137. The van der Waals surface area contributed by atoms with Crippen LogP contribution in [-0.4, -0.2) is 11.1 Å². The number of hydrogen-bond acceptors (Lipinski definition) is 1. The standard InChI is InChI=1S/C15H20O2/c1-9-6-13(7-10(2)11(9)3)14(8-15(16)17)12-4-5-12/h6-7,12,14H,4-5,8H2,1-3H3,(H,16,17). The second kappa shape index (κ2) is 4.52. The minimum absolute atomic E-state index is 0.213. The third-order valence-electron chi connectivity index (χ3n) is 3.96. The summed E-state index contributed by atoms with van der Waals surface area (Å²) in [5.41, 5.74) is 5.08. The van der Waals surface area contributed by atoms with Crippen LogP contribution in [0.2, 0.25) is 0 Å². The molecule has 0 radical (unpaired) electrons. The summed E-state index contributed by atoms with van der Waals surface area (Å²) in [6.07, 6.45) is 2.64. The molecular formula is C15H20O2. The van der Waals surface area contributed by atoms with E-state index in [1.54, 1.807) is 0 Å². The van der Waals surface area contributed by atoms with Crippen molar-refractivity contribution in [2.45, 2.75) is 46.0 Å². The lowest BCUT2D eigenvalue weighted by atomic mass is 9.87. The molecule has 0 heterocycles. The zero-order valence-electron chi connectivity index (χ0n) is 10.8. The second-order valence-electron chi connectivity index (χ2n) is 5.32. The highest BCUT2D eigenvalue weighted by atomic mass is 16.4. The minimum Gasteiger partial charge on any atom is -0.481 e. The number of rotatable bonds is 4. The van der Waals surface area contributed by atoms with E-state index in [9.17, 15) is 4.79 Å². The summed E-state index contributed by atoms with van der Waals surface area (Å²) in [5, 5.41) is 9.02. The Kier molecular flexibility index (Phi) is 3.23. The van der Waals surface area contributed by atoms with Crippen LogP contribution in [0, 0.1) is 26.7 Å². The van der Waals surface area contributed by atoms with Gasteiger partial charge >= 0.3 is 5.97 Å². The maximum absolute atomic E-state index is 11.0.